The van der Waals surface area contributed by atoms with Crippen LogP contribution in [0.3, 0.4) is 0 Å². The fourth-order valence-corrected chi connectivity index (χ4v) is 4.87. The van der Waals surface area contributed by atoms with Crippen LogP contribution in [0.25, 0.3) is 11.0 Å². The number of alkyl halides is 1. The van der Waals surface area contributed by atoms with E-state index >= 15 is 0 Å². The van der Waals surface area contributed by atoms with Crippen molar-refractivity contribution >= 4 is 44.3 Å². The first-order valence-corrected chi connectivity index (χ1v) is 10.1. The van der Waals surface area contributed by atoms with Crippen molar-refractivity contribution in [3.63, 3.8) is 0 Å². The summed E-state index contributed by atoms with van der Waals surface area (Å²) in [6, 6.07) is 5.29. The lowest BCUT2D eigenvalue weighted by Gasteiger charge is -2.27. The topological polar surface area (TPSA) is 55.2 Å². The summed E-state index contributed by atoms with van der Waals surface area (Å²) in [5.74, 6) is 0.661. The normalized spacial score (nSPS) is 17.5. The number of imidazole rings is 1. The Hall–Kier alpha value is -0.820. The van der Waals surface area contributed by atoms with Crippen molar-refractivity contribution in [1.82, 2.24) is 13.9 Å². The van der Waals surface area contributed by atoms with E-state index in [0.29, 0.717) is 36.1 Å². The van der Waals surface area contributed by atoms with Crippen LogP contribution in [0.4, 0.5) is 0 Å². The maximum atomic E-state index is 12.8. The Balaban J connectivity index is 1.81. The van der Waals surface area contributed by atoms with E-state index in [1.807, 2.05) is 6.07 Å². The number of hydrogen-bond donors (Lipinski definition) is 0. The van der Waals surface area contributed by atoms with Gasteiger partial charge in [-0.25, -0.2) is 13.4 Å². The molecule has 2 aromatic rings. The summed E-state index contributed by atoms with van der Waals surface area (Å²) in [5, 5.41) is 0.684. The molecule has 0 fully saturated rings. The highest BCUT2D eigenvalue weighted by Gasteiger charge is 2.34. The molecule has 1 aliphatic rings. The molecule has 1 aliphatic heterocycles. The fraction of sp³-hybridized carbons (Fsp3) is 0.533. The number of sulfonamides is 1. The SMILES string of the molecule is O=S1(=O)c2nc3cc(Cl)ccc3n2CCN1CCCCCCCl. The molecule has 1 aromatic carbocycles. The molecule has 0 amide bonds. The molecule has 0 atom stereocenters. The van der Waals surface area contributed by atoms with Gasteiger partial charge in [-0.3, -0.25) is 0 Å². The molecule has 0 bridgehead atoms. The molecule has 1 aromatic heterocycles. The Bertz CT molecular complexity index is 804. The largest absolute Gasteiger partial charge is 0.312 e. The van der Waals surface area contributed by atoms with Crippen molar-refractivity contribution < 1.29 is 8.42 Å². The van der Waals surface area contributed by atoms with Crippen LogP contribution in [0.2, 0.25) is 5.02 Å². The van der Waals surface area contributed by atoms with Crippen LogP contribution in [0.5, 0.6) is 0 Å². The Morgan fingerprint density at radius 3 is 2.70 bits per heavy atom. The van der Waals surface area contributed by atoms with Crippen LogP contribution in [0.15, 0.2) is 23.4 Å². The standard InChI is InChI=1S/C15H19Cl2N3O2S/c16-7-3-1-2-4-8-19-9-10-20-14-6-5-12(17)11-13(14)18-15(20)23(19,21)22/h5-6,11H,1-4,7-10H2. The number of nitrogens with zero attached hydrogens (tertiary/aromatic N) is 3. The predicted octanol–water partition coefficient (Wildman–Crippen LogP) is 3.49. The molecule has 0 radical (unpaired) electrons. The summed E-state index contributed by atoms with van der Waals surface area (Å²) in [6.07, 6.45) is 3.85. The van der Waals surface area contributed by atoms with Crippen LogP contribution in [-0.4, -0.2) is 41.2 Å². The van der Waals surface area contributed by atoms with Crippen LogP contribution in [0, 0.1) is 0 Å². The van der Waals surface area contributed by atoms with E-state index in [-0.39, 0.29) is 5.16 Å². The zero-order valence-electron chi connectivity index (χ0n) is 12.7. The first kappa shape index (κ1) is 17.0. The maximum Gasteiger partial charge on any atom is 0.277 e. The molecule has 0 saturated carbocycles. The third-order valence-corrected chi connectivity index (χ3v) is 6.43. The van der Waals surface area contributed by atoms with E-state index in [1.54, 1.807) is 16.7 Å². The van der Waals surface area contributed by atoms with Crippen molar-refractivity contribution in [3.05, 3.63) is 23.2 Å². The van der Waals surface area contributed by atoms with Gasteiger partial charge in [0.2, 0.25) is 5.16 Å². The lowest BCUT2D eigenvalue weighted by Crippen LogP contribution is -2.40. The van der Waals surface area contributed by atoms with Crippen molar-refractivity contribution in [2.75, 3.05) is 19.0 Å². The van der Waals surface area contributed by atoms with Gasteiger partial charge >= 0.3 is 0 Å². The van der Waals surface area contributed by atoms with Crippen molar-refractivity contribution in [3.8, 4) is 0 Å². The number of unbranched alkanes of at least 4 members (excludes halogenated alkanes) is 3. The van der Waals surface area contributed by atoms with E-state index in [1.165, 1.54) is 4.31 Å². The van der Waals surface area contributed by atoms with E-state index in [2.05, 4.69) is 4.98 Å². The Labute approximate surface area is 146 Å². The predicted molar refractivity (Wildman–Crippen MR) is 92.7 cm³/mol. The van der Waals surface area contributed by atoms with E-state index in [4.69, 9.17) is 23.2 Å². The van der Waals surface area contributed by atoms with Gasteiger partial charge in [0.1, 0.15) is 0 Å². The van der Waals surface area contributed by atoms with Gasteiger partial charge in [0.15, 0.2) is 0 Å². The maximum absolute atomic E-state index is 12.8. The van der Waals surface area contributed by atoms with Crippen LogP contribution < -0.4 is 0 Å². The van der Waals surface area contributed by atoms with Gasteiger partial charge in [-0.05, 0) is 31.0 Å². The number of benzene rings is 1. The molecule has 0 saturated heterocycles. The smallest absolute Gasteiger partial charge is 0.277 e. The molecule has 3 rings (SSSR count). The summed E-state index contributed by atoms with van der Waals surface area (Å²) in [7, 11) is -3.53. The Kier molecular flexibility index (Phi) is 5.16. The number of hydrogen-bond acceptors (Lipinski definition) is 3. The number of fused-ring (bicyclic) bond motifs is 3. The van der Waals surface area contributed by atoms with Crippen LogP contribution >= 0.6 is 23.2 Å². The lowest BCUT2D eigenvalue weighted by atomic mass is 10.2. The lowest BCUT2D eigenvalue weighted by molar-refractivity contribution is 0.348. The molecule has 8 heteroatoms. The van der Waals surface area contributed by atoms with E-state index in [9.17, 15) is 8.42 Å². The zero-order valence-corrected chi connectivity index (χ0v) is 15.0. The van der Waals surface area contributed by atoms with Gasteiger partial charge in [0, 0.05) is 30.5 Å². The molecule has 23 heavy (non-hydrogen) atoms. The van der Waals surface area contributed by atoms with Crippen molar-refractivity contribution in [1.29, 1.82) is 0 Å². The zero-order chi connectivity index (χ0) is 16.4. The molecule has 0 unspecified atom stereocenters. The van der Waals surface area contributed by atoms with Gasteiger partial charge in [0.25, 0.3) is 10.0 Å². The molecule has 0 spiro atoms. The quantitative estimate of drug-likeness (QED) is 0.573. The average Bonchev–Trinajstić information content (AvgIpc) is 2.88. The molecule has 5 nitrogen and oxygen atoms in total. The monoisotopic (exact) mass is 375 g/mol. The number of halogens is 2. The minimum absolute atomic E-state index is 0.127. The average molecular weight is 376 g/mol. The highest BCUT2D eigenvalue weighted by molar-refractivity contribution is 7.89. The van der Waals surface area contributed by atoms with Crippen LogP contribution in [-0.2, 0) is 16.6 Å². The minimum Gasteiger partial charge on any atom is -0.312 e. The molecule has 0 N–H and O–H groups in total. The second-order valence-electron chi connectivity index (χ2n) is 5.69. The third-order valence-electron chi connectivity index (χ3n) is 4.11. The third kappa shape index (κ3) is 3.36. The summed E-state index contributed by atoms with van der Waals surface area (Å²) in [4.78, 5) is 4.31. The summed E-state index contributed by atoms with van der Waals surface area (Å²) in [6.45, 7) is 1.64. The van der Waals surface area contributed by atoms with Crippen molar-refractivity contribution in [2.45, 2.75) is 37.4 Å². The van der Waals surface area contributed by atoms with Gasteiger partial charge < -0.3 is 4.57 Å². The minimum atomic E-state index is -3.53. The van der Waals surface area contributed by atoms with E-state index in [0.717, 1.165) is 31.2 Å². The first-order chi connectivity index (χ1) is 11.0. The summed E-state index contributed by atoms with van der Waals surface area (Å²) >= 11 is 11.6. The van der Waals surface area contributed by atoms with Crippen LogP contribution in [0.1, 0.15) is 25.7 Å². The molecule has 0 aliphatic carbocycles. The van der Waals surface area contributed by atoms with Gasteiger partial charge in [-0.1, -0.05) is 24.4 Å². The molecular weight excluding hydrogens is 357 g/mol. The van der Waals surface area contributed by atoms with Crippen molar-refractivity contribution in [2.24, 2.45) is 0 Å². The number of rotatable bonds is 6. The fourth-order valence-electron chi connectivity index (χ4n) is 2.91. The summed E-state index contributed by atoms with van der Waals surface area (Å²) in [5.41, 5.74) is 1.44. The second kappa shape index (κ2) is 6.97. The second-order valence-corrected chi connectivity index (χ2v) is 8.33. The molecule has 126 valence electrons. The highest BCUT2D eigenvalue weighted by Crippen LogP contribution is 2.28. The van der Waals surface area contributed by atoms with Gasteiger partial charge in [0.05, 0.1) is 11.0 Å². The van der Waals surface area contributed by atoms with Gasteiger partial charge in [-0.15, -0.1) is 11.6 Å². The number of aromatic nitrogens is 2. The molecular formula is C15H19Cl2N3O2S. The Morgan fingerprint density at radius 1 is 1.13 bits per heavy atom. The summed E-state index contributed by atoms with van der Waals surface area (Å²) < 4.78 is 28.8. The highest BCUT2D eigenvalue weighted by atomic mass is 35.5. The molecule has 2 heterocycles. The van der Waals surface area contributed by atoms with E-state index < -0.39 is 10.0 Å². The first-order valence-electron chi connectivity index (χ1n) is 7.76. The Morgan fingerprint density at radius 2 is 1.91 bits per heavy atom. The van der Waals surface area contributed by atoms with Gasteiger partial charge in [-0.2, -0.15) is 4.31 Å².